The molecule has 0 atom stereocenters. The molecule has 0 aliphatic heterocycles. The molecule has 298 valence electrons. The number of hydrogen-bond donors (Lipinski definition) is 0. The molecule has 0 unspecified atom stereocenters. The summed E-state index contributed by atoms with van der Waals surface area (Å²) in [6.07, 6.45) is 0. The van der Waals surface area contributed by atoms with Gasteiger partial charge in [0.25, 0.3) is 0 Å². The van der Waals surface area contributed by atoms with Gasteiger partial charge in [-0.15, -0.1) is 0 Å². The molecule has 1 nitrogen and oxygen atoms in total. The maximum Gasteiger partial charge on any atom is 0.0714 e. The minimum absolute atomic E-state index is 0.511. The Morgan fingerprint density at radius 2 is 0.781 bits per heavy atom. The molecule has 0 heterocycles. The Balaban J connectivity index is 1.01. The van der Waals surface area contributed by atoms with E-state index in [1.54, 1.807) is 0 Å². The molecule has 0 saturated heterocycles. The van der Waals surface area contributed by atoms with E-state index < -0.39 is 5.41 Å². The molecule has 64 heavy (non-hydrogen) atoms. The average molecular weight is 812 g/mol. The quantitative estimate of drug-likeness (QED) is 0.155. The topological polar surface area (TPSA) is 3.24 Å². The van der Waals surface area contributed by atoms with Gasteiger partial charge in [0.2, 0.25) is 0 Å². The zero-order valence-electron chi connectivity index (χ0n) is 35.1. The summed E-state index contributed by atoms with van der Waals surface area (Å²) in [7, 11) is 0. The summed E-state index contributed by atoms with van der Waals surface area (Å²) < 4.78 is 0. The van der Waals surface area contributed by atoms with Crippen molar-refractivity contribution < 1.29 is 0 Å². The van der Waals surface area contributed by atoms with Gasteiger partial charge >= 0.3 is 0 Å². The van der Waals surface area contributed by atoms with Crippen LogP contribution in [0, 0.1) is 0 Å². The number of nitrogens with zero attached hydrogens (tertiary/aromatic N) is 1. The van der Waals surface area contributed by atoms with Crippen molar-refractivity contribution in [3.8, 4) is 55.6 Å². The fourth-order valence-electron chi connectivity index (χ4n) is 10.9. The first-order valence-corrected chi connectivity index (χ1v) is 22.2. The standard InChI is InChI=1S/C63H41N/c1-5-16-42(17-6-1)44-30-32-51(33-31-44)64(52-34-35-54-53-25-13-14-26-60(53)63(61(54)40-52,49-21-9-3-10-22-49)50-23-11-4-12-24-50)62-27-15-20-47-38-57-58-39-48-36-45(43-18-7-2-8-19-43)28-29-46(48)37-56(58)59(57)41-55(47)62/h1-41H. The minimum Gasteiger partial charge on any atom is -0.310 e. The molecule has 0 radical (unpaired) electrons. The zero-order chi connectivity index (χ0) is 42.2. The Morgan fingerprint density at radius 3 is 1.47 bits per heavy atom. The van der Waals surface area contributed by atoms with E-state index in [0.717, 1.165) is 17.1 Å². The van der Waals surface area contributed by atoms with Crippen molar-refractivity contribution in [2.24, 2.45) is 0 Å². The Bertz CT molecular complexity index is 3530. The third-order valence-corrected chi connectivity index (χ3v) is 13.8. The Labute approximate surface area is 373 Å². The molecule has 0 saturated carbocycles. The lowest BCUT2D eigenvalue weighted by Gasteiger charge is -2.35. The van der Waals surface area contributed by atoms with E-state index in [4.69, 9.17) is 0 Å². The average Bonchev–Trinajstić information content (AvgIpc) is 3.67. The van der Waals surface area contributed by atoms with Gasteiger partial charge in [-0.05, 0) is 155 Å². The van der Waals surface area contributed by atoms with Crippen LogP contribution in [0.15, 0.2) is 249 Å². The fraction of sp³-hybridized carbons (Fsp3) is 0.0159. The van der Waals surface area contributed by atoms with Crippen LogP contribution in [0.2, 0.25) is 0 Å². The molecule has 2 aliphatic carbocycles. The first kappa shape index (κ1) is 36.4. The van der Waals surface area contributed by atoms with Gasteiger partial charge in [0.1, 0.15) is 0 Å². The van der Waals surface area contributed by atoms with Crippen molar-refractivity contribution in [2.45, 2.75) is 5.41 Å². The van der Waals surface area contributed by atoms with E-state index in [1.807, 2.05) is 0 Å². The summed E-state index contributed by atoms with van der Waals surface area (Å²) in [6, 6.07) is 92.1. The highest BCUT2D eigenvalue weighted by atomic mass is 15.1. The van der Waals surface area contributed by atoms with Gasteiger partial charge in [-0.3, -0.25) is 0 Å². The highest BCUT2D eigenvalue weighted by molar-refractivity contribution is 6.14. The van der Waals surface area contributed by atoms with Crippen molar-refractivity contribution >= 4 is 38.6 Å². The van der Waals surface area contributed by atoms with Gasteiger partial charge in [0.15, 0.2) is 0 Å². The predicted molar refractivity (Wildman–Crippen MR) is 269 cm³/mol. The van der Waals surface area contributed by atoms with Crippen LogP contribution >= 0.6 is 0 Å². The van der Waals surface area contributed by atoms with Crippen molar-refractivity contribution in [1.29, 1.82) is 0 Å². The lowest BCUT2D eigenvalue weighted by Crippen LogP contribution is -2.28. The predicted octanol–water partition coefficient (Wildman–Crippen LogP) is 16.8. The van der Waals surface area contributed by atoms with Crippen LogP contribution in [-0.4, -0.2) is 0 Å². The van der Waals surface area contributed by atoms with E-state index in [1.165, 1.54) is 99.4 Å². The second kappa shape index (κ2) is 14.4. The monoisotopic (exact) mass is 811 g/mol. The zero-order valence-corrected chi connectivity index (χ0v) is 35.1. The van der Waals surface area contributed by atoms with Crippen molar-refractivity contribution in [3.63, 3.8) is 0 Å². The summed E-state index contributed by atoms with van der Waals surface area (Å²) >= 11 is 0. The lowest BCUT2D eigenvalue weighted by atomic mass is 9.67. The highest BCUT2D eigenvalue weighted by Gasteiger charge is 2.46. The molecule has 0 bridgehead atoms. The SMILES string of the molecule is c1ccc(-c2ccc(N(c3ccc4c(c3)C(c3ccccc3)(c3ccccc3)c3ccccc3-4)c3cccc4cc5c(cc34)-c3cc4ccc(-c6ccccc6)cc4cc3-5)cc2)cc1. The van der Waals surface area contributed by atoms with Crippen LogP contribution in [0.1, 0.15) is 22.3 Å². The number of hydrogen-bond acceptors (Lipinski definition) is 1. The maximum absolute atomic E-state index is 2.48. The molecule has 13 rings (SSSR count). The maximum atomic E-state index is 2.48. The minimum atomic E-state index is -0.511. The second-order valence-corrected chi connectivity index (χ2v) is 17.2. The first-order valence-electron chi connectivity index (χ1n) is 22.2. The number of anilines is 3. The molecule has 0 aromatic heterocycles. The van der Waals surface area contributed by atoms with E-state index in [-0.39, 0.29) is 0 Å². The molecule has 0 amide bonds. The lowest BCUT2D eigenvalue weighted by molar-refractivity contribution is 0.768. The highest BCUT2D eigenvalue weighted by Crippen LogP contribution is 2.58. The van der Waals surface area contributed by atoms with Crippen molar-refractivity contribution in [3.05, 3.63) is 271 Å². The molecule has 0 spiro atoms. The van der Waals surface area contributed by atoms with E-state index in [2.05, 4.69) is 254 Å². The van der Waals surface area contributed by atoms with Crippen LogP contribution in [0.5, 0.6) is 0 Å². The van der Waals surface area contributed by atoms with E-state index in [9.17, 15) is 0 Å². The molecule has 1 heteroatoms. The van der Waals surface area contributed by atoms with Gasteiger partial charge in [-0.25, -0.2) is 0 Å². The third-order valence-electron chi connectivity index (χ3n) is 13.8. The summed E-state index contributed by atoms with van der Waals surface area (Å²) in [5.41, 5.74) is 20.7. The van der Waals surface area contributed by atoms with Gasteiger partial charge in [-0.1, -0.05) is 188 Å². The number of rotatable bonds is 7. The molecular weight excluding hydrogens is 771 g/mol. The molecular formula is C63H41N. The third kappa shape index (κ3) is 5.51. The molecule has 2 aliphatic rings. The summed E-state index contributed by atoms with van der Waals surface area (Å²) in [4.78, 5) is 2.48. The van der Waals surface area contributed by atoms with Crippen molar-refractivity contribution in [2.75, 3.05) is 4.90 Å². The summed E-state index contributed by atoms with van der Waals surface area (Å²) in [5, 5.41) is 4.98. The van der Waals surface area contributed by atoms with E-state index in [0.29, 0.717) is 0 Å². The summed E-state index contributed by atoms with van der Waals surface area (Å²) in [6.45, 7) is 0. The first-order chi connectivity index (χ1) is 31.7. The second-order valence-electron chi connectivity index (χ2n) is 17.2. The van der Waals surface area contributed by atoms with Gasteiger partial charge < -0.3 is 4.90 Å². The van der Waals surface area contributed by atoms with Gasteiger partial charge in [0.05, 0.1) is 11.1 Å². The fourth-order valence-corrected chi connectivity index (χ4v) is 10.9. The van der Waals surface area contributed by atoms with Crippen LogP contribution in [0.3, 0.4) is 0 Å². The Morgan fingerprint density at radius 1 is 0.266 bits per heavy atom. The summed E-state index contributed by atoms with van der Waals surface area (Å²) in [5.74, 6) is 0. The molecule has 0 fully saturated rings. The van der Waals surface area contributed by atoms with Gasteiger partial charge in [0, 0.05) is 16.8 Å². The van der Waals surface area contributed by atoms with Crippen molar-refractivity contribution in [1.82, 2.24) is 0 Å². The molecule has 0 N–H and O–H groups in total. The van der Waals surface area contributed by atoms with Gasteiger partial charge in [-0.2, -0.15) is 0 Å². The normalized spacial score (nSPS) is 12.8. The number of fused-ring (bicyclic) bond motifs is 9. The largest absolute Gasteiger partial charge is 0.310 e. The Hall–Kier alpha value is -8.26. The van der Waals surface area contributed by atoms with Crippen LogP contribution in [0.25, 0.3) is 77.2 Å². The number of benzene rings is 11. The van der Waals surface area contributed by atoms with Crippen LogP contribution in [-0.2, 0) is 5.41 Å². The van der Waals surface area contributed by atoms with E-state index >= 15 is 0 Å². The molecule has 11 aromatic rings. The van der Waals surface area contributed by atoms with Crippen LogP contribution in [0.4, 0.5) is 17.1 Å². The smallest absolute Gasteiger partial charge is 0.0714 e. The molecule has 11 aromatic carbocycles. The van der Waals surface area contributed by atoms with Crippen LogP contribution < -0.4 is 4.90 Å². The Kier molecular flexibility index (Phi) is 8.20.